The van der Waals surface area contributed by atoms with E-state index in [1.165, 1.54) is 43.5 Å². The molecule has 1 aromatic carbocycles. The zero-order valence-corrected chi connectivity index (χ0v) is 20.5. The first-order valence-corrected chi connectivity index (χ1v) is 12.4. The van der Waals surface area contributed by atoms with E-state index < -0.39 is 9.84 Å². The maximum Gasteiger partial charge on any atom is 0.191 e. The van der Waals surface area contributed by atoms with E-state index in [1.54, 1.807) is 0 Å². The zero-order valence-electron chi connectivity index (χ0n) is 17.4. The van der Waals surface area contributed by atoms with Gasteiger partial charge < -0.3 is 10.6 Å². The fourth-order valence-corrected chi connectivity index (χ4v) is 5.77. The number of nitrogens with one attached hydrogen (secondary N) is 2. The van der Waals surface area contributed by atoms with Gasteiger partial charge in [0, 0.05) is 19.6 Å². The number of piperidine rings is 1. The van der Waals surface area contributed by atoms with Crippen molar-refractivity contribution in [2.45, 2.75) is 45.7 Å². The van der Waals surface area contributed by atoms with Crippen LogP contribution in [0.1, 0.15) is 43.7 Å². The molecule has 29 heavy (non-hydrogen) atoms. The Morgan fingerprint density at radius 1 is 1.10 bits per heavy atom. The number of rotatable bonds is 7. The summed E-state index contributed by atoms with van der Waals surface area (Å²) in [6, 6.07) is 8.75. The van der Waals surface area contributed by atoms with E-state index >= 15 is 0 Å². The second kappa shape index (κ2) is 12.1. The average molecular weight is 535 g/mol. The summed E-state index contributed by atoms with van der Waals surface area (Å²) in [6.45, 7) is 7.55. The Morgan fingerprint density at radius 3 is 2.41 bits per heavy atom. The van der Waals surface area contributed by atoms with Crippen LogP contribution in [0.5, 0.6) is 0 Å². The van der Waals surface area contributed by atoms with Crippen molar-refractivity contribution >= 4 is 39.8 Å². The first-order chi connectivity index (χ1) is 13.5. The molecule has 2 heterocycles. The number of hydrogen-bond acceptors (Lipinski definition) is 4. The van der Waals surface area contributed by atoms with E-state index in [4.69, 9.17) is 0 Å². The molecule has 1 atom stereocenters. The number of sulfone groups is 1. The lowest BCUT2D eigenvalue weighted by Gasteiger charge is -2.26. The highest BCUT2D eigenvalue weighted by molar-refractivity contribution is 14.0. The largest absolute Gasteiger partial charge is 0.357 e. The molecule has 0 amide bonds. The van der Waals surface area contributed by atoms with Crippen LogP contribution in [0.4, 0.5) is 0 Å². The van der Waals surface area contributed by atoms with Gasteiger partial charge in [0.25, 0.3) is 0 Å². The van der Waals surface area contributed by atoms with Crippen molar-refractivity contribution < 1.29 is 8.42 Å². The van der Waals surface area contributed by atoms with Gasteiger partial charge in [0.05, 0.1) is 18.1 Å². The predicted molar refractivity (Wildman–Crippen MR) is 131 cm³/mol. The molecule has 8 heteroatoms. The van der Waals surface area contributed by atoms with E-state index in [2.05, 4.69) is 44.8 Å². The highest BCUT2D eigenvalue weighted by Crippen LogP contribution is 2.17. The molecule has 0 radical (unpaired) electrons. The predicted octanol–water partition coefficient (Wildman–Crippen LogP) is 2.78. The molecule has 2 saturated heterocycles. The Morgan fingerprint density at radius 2 is 1.79 bits per heavy atom. The minimum atomic E-state index is -2.83. The van der Waals surface area contributed by atoms with Gasteiger partial charge in [-0.25, -0.2) is 13.4 Å². The summed E-state index contributed by atoms with van der Waals surface area (Å²) in [5, 5.41) is 6.55. The number of halogens is 1. The lowest BCUT2D eigenvalue weighted by molar-refractivity contribution is 0.221. The molecule has 0 spiro atoms. The fourth-order valence-electron chi connectivity index (χ4n) is 3.91. The maximum atomic E-state index is 11.6. The molecule has 0 aliphatic carbocycles. The van der Waals surface area contributed by atoms with E-state index in [9.17, 15) is 8.42 Å². The van der Waals surface area contributed by atoms with Crippen molar-refractivity contribution in [3.05, 3.63) is 35.4 Å². The summed E-state index contributed by atoms with van der Waals surface area (Å²) in [5.41, 5.74) is 2.55. The molecule has 1 aromatic rings. The number of guanidine groups is 1. The summed E-state index contributed by atoms with van der Waals surface area (Å²) in [6.07, 6.45) is 4.75. The molecule has 0 aromatic heterocycles. The van der Waals surface area contributed by atoms with Crippen LogP contribution < -0.4 is 10.6 Å². The van der Waals surface area contributed by atoms with Crippen molar-refractivity contribution in [3.63, 3.8) is 0 Å². The third kappa shape index (κ3) is 8.41. The molecule has 0 saturated carbocycles. The van der Waals surface area contributed by atoms with Crippen molar-refractivity contribution in [2.24, 2.45) is 10.9 Å². The number of likely N-dealkylation sites (tertiary alicyclic amines) is 1. The first kappa shape index (κ1) is 24.4. The van der Waals surface area contributed by atoms with Gasteiger partial charge in [-0.15, -0.1) is 24.0 Å². The van der Waals surface area contributed by atoms with E-state index in [1.807, 2.05) is 6.92 Å². The van der Waals surface area contributed by atoms with Crippen LogP contribution in [0.3, 0.4) is 0 Å². The molecule has 2 N–H and O–H groups in total. The monoisotopic (exact) mass is 534 g/mol. The van der Waals surface area contributed by atoms with Crippen LogP contribution in [-0.4, -0.2) is 57.0 Å². The molecule has 3 rings (SSSR count). The van der Waals surface area contributed by atoms with E-state index in [0.717, 1.165) is 25.5 Å². The van der Waals surface area contributed by atoms with Gasteiger partial charge in [-0.1, -0.05) is 30.7 Å². The van der Waals surface area contributed by atoms with Crippen molar-refractivity contribution in [1.29, 1.82) is 0 Å². The van der Waals surface area contributed by atoms with E-state index in [0.29, 0.717) is 18.8 Å². The lowest BCUT2D eigenvalue weighted by Crippen LogP contribution is -2.40. The Hall–Kier alpha value is -0.870. The smallest absolute Gasteiger partial charge is 0.191 e. The van der Waals surface area contributed by atoms with Crippen LogP contribution in [0.15, 0.2) is 29.3 Å². The molecular weight excluding hydrogens is 499 g/mol. The number of nitrogens with zero attached hydrogens (tertiary/aromatic N) is 2. The Kier molecular flexibility index (Phi) is 10.2. The van der Waals surface area contributed by atoms with Gasteiger partial charge in [-0.3, -0.25) is 4.90 Å². The number of benzene rings is 1. The summed E-state index contributed by atoms with van der Waals surface area (Å²) in [5.74, 6) is 1.54. The number of hydrogen-bond donors (Lipinski definition) is 2. The molecule has 164 valence electrons. The minimum absolute atomic E-state index is 0. The quantitative estimate of drug-likeness (QED) is 0.320. The minimum Gasteiger partial charge on any atom is -0.357 e. The summed E-state index contributed by atoms with van der Waals surface area (Å²) in [7, 11) is -2.83. The second-order valence-electron chi connectivity index (χ2n) is 8.00. The summed E-state index contributed by atoms with van der Waals surface area (Å²) < 4.78 is 23.2. The zero-order chi connectivity index (χ0) is 19.8. The van der Waals surface area contributed by atoms with Crippen molar-refractivity contribution in [1.82, 2.24) is 15.5 Å². The Balaban J connectivity index is 0.00000300. The van der Waals surface area contributed by atoms with Crippen molar-refractivity contribution in [2.75, 3.05) is 37.7 Å². The summed E-state index contributed by atoms with van der Waals surface area (Å²) in [4.78, 5) is 7.20. The van der Waals surface area contributed by atoms with Gasteiger partial charge in [-0.2, -0.15) is 0 Å². The third-order valence-electron chi connectivity index (χ3n) is 5.53. The fraction of sp³-hybridized carbons (Fsp3) is 0.667. The topological polar surface area (TPSA) is 73.8 Å². The molecule has 1 unspecified atom stereocenters. The SMILES string of the molecule is CCNC(=NCc1ccc(CN2CCCCC2)cc1)NCC1CCS(=O)(=O)C1.I. The highest BCUT2D eigenvalue weighted by atomic mass is 127. The Labute approximate surface area is 192 Å². The Bertz CT molecular complexity index is 746. The normalized spacial score (nSPS) is 22.1. The molecule has 2 fully saturated rings. The van der Waals surface area contributed by atoms with Gasteiger partial charge >= 0.3 is 0 Å². The molecule has 0 bridgehead atoms. The van der Waals surface area contributed by atoms with Gasteiger partial charge in [0.1, 0.15) is 0 Å². The first-order valence-electron chi connectivity index (χ1n) is 10.6. The highest BCUT2D eigenvalue weighted by Gasteiger charge is 2.27. The van der Waals surface area contributed by atoms with Crippen LogP contribution >= 0.6 is 24.0 Å². The van der Waals surface area contributed by atoms with Gasteiger partial charge in [0.15, 0.2) is 15.8 Å². The van der Waals surface area contributed by atoms with Gasteiger partial charge in [0.2, 0.25) is 0 Å². The number of aliphatic imine (C=N–C) groups is 1. The lowest BCUT2D eigenvalue weighted by atomic mass is 10.1. The molecule has 2 aliphatic heterocycles. The summed E-state index contributed by atoms with van der Waals surface area (Å²) >= 11 is 0. The van der Waals surface area contributed by atoms with Crippen LogP contribution in [0, 0.1) is 5.92 Å². The van der Waals surface area contributed by atoms with Gasteiger partial charge in [-0.05, 0) is 56.3 Å². The van der Waals surface area contributed by atoms with E-state index in [-0.39, 0.29) is 35.6 Å². The average Bonchev–Trinajstić information content (AvgIpc) is 3.05. The standard InChI is InChI=1S/C21H34N4O2S.HI/c1-2-22-21(24-15-20-10-13-28(26,27)17-20)23-14-18-6-8-19(9-7-18)16-25-11-4-3-5-12-25;/h6-9,20H,2-5,10-17H2,1H3,(H2,22,23,24);1H. The molecular formula is C21H35IN4O2S. The molecule has 2 aliphatic rings. The van der Waals surface area contributed by atoms with Crippen molar-refractivity contribution in [3.8, 4) is 0 Å². The maximum absolute atomic E-state index is 11.6. The van der Waals surface area contributed by atoms with Crippen LogP contribution in [0.25, 0.3) is 0 Å². The molecule has 6 nitrogen and oxygen atoms in total. The van der Waals surface area contributed by atoms with Crippen LogP contribution in [0.2, 0.25) is 0 Å². The third-order valence-corrected chi connectivity index (χ3v) is 7.36. The second-order valence-corrected chi connectivity index (χ2v) is 10.2. The van der Waals surface area contributed by atoms with Crippen LogP contribution in [-0.2, 0) is 22.9 Å².